The van der Waals surface area contributed by atoms with Gasteiger partial charge in [0.2, 0.25) is 5.78 Å². The second-order valence-electron chi connectivity index (χ2n) is 12.9. The van der Waals surface area contributed by atoms with Crippen molar-refractivity contribution < 1.29 is 33.4 Å². The number of ketones is 2. The third-order valence-electron chi connectivity index (χ3n) is 8.85. The molecule has 2 aliphatic rings. The number of nitrogens with two attached hydrogens (primary N) is 1. The highest BCUT2D eigenvalue weighted by Gasteiger charge is 2.37. The maximum absolute atomic E-state index is 14.3. The van der Waals surface area contributed by atoms with Gasteiger partial charge in [-0.2, -0.15) is 0 Å². The number of amides is 2. The van der Waals surface area contributed by atoms with Crippen LogP contribution in [0.3, 0.4) is 0 Å². The quantitative estimate of drug-likeness (QED) is 0.241. The van der Waals surface area contributed by atoms with E-state index in [4.69, 9.17) is 10.5 Å². The summed E-state index contributed by atoms with van der Waals surface area (Å²) in [7, 11) is 0. The van der Waals surface area contributed by atoms with Crippen LogP contribution in [0.5, 0.6) is 0 Å². The Morgan fingerprint density at radius 3 is 2.36 bits per heavy atom. The summed E-state index contributed by atoms with van der Waals surface area (Å²) < 4.78 is 19.3. The first-order valence-corrected chi connectivity index (χ1v) is 16.1. The van der Waals surface area contributed by atoms with Crippen LogP contribution < -0.4 is 11.1 Å². The Morgan fingerprint density at radius 2 is 1.74 bits per heavy atom. The molecule has 252 valence electrons. The molecule has 2 bridgehead atoms. The molecule has 3 rings (SSSR count). The van der Waals surface area contributed by atoms with Gasteiger partial charge < -0.3 is 20.9 Å². The highest BCUT2D eigenvalue weighted by Crippen LogP contribution is 2.37. The van der Waals surface area contributed by atoms with Gasteiger partial charge in [-0.1, -0.05) is 70.2 Å². The zero-order valence-corrected chi connectivity index (χ0v) is 28.1. The van der Waals surface area contributed by atoms with Crippen molar-refractivity contribution in [2.45, 2.75) is 79.4 Å². The summed E-state index contributed by atoms with van der Waals surface area (Å²) in [4.78, 5) is 53.8. The number of nitrogens with one attached hydrogen (secondary N) is 1. The Balaban J connectivity index is 2.20. The number of allylic oxidation sites excluding steroid dienone is 6. The van der Waals surface area contributed by atoms with Gasteiger partial charge in [0.15, 0.2) is 5.78 Å². The number of hydrogen-bond acceptors (Lipinski definition) is 6. The van der Waals surface area contributed by atoms with Gasteiger partial charge in [-0.05, 0) is 74.6 Å². The number of primary amides is 1. The van der Waals surface area contributed by atoms with E-state index in [9.17, 15) is 28.7 Å². The lowest BCUT2D eigenvalue weighted by atomic mass is 9.77. The third-order valence-corrected chi connectivity index (χ3v) is 8.85. The molecule has 1 aromatic rings. The molecule has 9 heteroatoms. The number of halogens is 1. The van der Waals surface area contributed by atoms with E-state index >= 15 is 0 Å². The molecule has 0 spiro atoms. The van der Waals surface area contributed by atoms with Crippen molar-refractivity contribution in [3.8, 4) is 0 Å². The molecule has 8 nitrogen and oxygen atoms in total. The molecule has 1 aliphatic heterocycles. The molecule has 0 unspecified atom stereocenters. The molecular weight excluding hydrogens is 599 g/mol. The van der Waals surface area contributed by atoms with Gasteiger partial charge in [-0.15, -0.1) is 6.58 Å². The summed E-state index contributed by atoms with van der Waals surface area (Å²) in [6.07, 6.45) is 7.63. The number of benzene rings is 1. The standard InChI is InChI=1S/C38H47FN2O6/c1-8-9-13-29-30-19-21(2)18-24(5)33(42)25(6)20-26(7)36(47-38(40)46)22(3)11-10-12-23(4)37(45)41-32(35(30)44)31(34(29)43)27-14-16-28(39)17-15-27/h8,10-12,14-17,20-22,24-25,33,36,42H,1,9,13,18-19H2,2-7H3,(H2,40,46)(H,41,45)/b11-10-,23-12+,26-20+/t21-,22-,24-,25-,33-,36+/m0/s1. The minimum Gasteiger partial charge on any atom is -0.441 e. The number of carbonyl (C=O) groups is 4. The molecule has 0 saturated heterocycles. The van der Waals surface area contributed by atoms with Crippen LogP contribution in [-0.2, 0) is 19.1 Å². The van der Waals surface area contributed by atoms with Gasteiger partial charge in [-0.3, -0.25) is 14.4 Å². The Bertz CT molecular complexity index is 1550. The van der Waals surface area contributed by atoms with Crippen LogP contribution in [0.2, 0.25) is 0 Å². The van der Waals surface area contributed by atoms with Crippen LogP contribution in [-0.4, -0.2) is 40.9 Å². The minimum absolute atomic E-state index is 0.00674. The number of rotatable bonds is 5. The Morgan fingerprint density at radius 1 is 1.09 bits per heavy atom. The lowest BCUT2D eigenvalue weighted by Crippen LogP contribution is -2.35. The molecule has 1 aromatic carbocycles. The van der Waals surface area contributed by atoms with Crippen molar-refractivity contribution in [3.05, 3.63) is 101 Å². The lowest BCUT2D eigenvalue weighted by molar-refractivity contribution is -0.120. The summed E-state index contributed by atoms with van der Waals surface area (Å²) in [5, 5.41) is 14.0. The highest BCUT2D eigenvalue weighted by atomic mass is 19.1. The van der Waals surface area contributed by atoms with Crippen molar-refractivity contribution in [1.82, 2.24) is 5.32 Å². The normalized spacial score (nSPS) is 29.7. The largest absolute Gasteiger partial charge is 0.441 e. The molecular formula is C38H47FN2O6. The average molecular weight is 647 g/mol. The predicted molar refractivity (Wildman–Crippen MR) is 181 cm³/mol. The van der Waals surface area contributed by atoms with E-state index in [0.29, 0.717) is 29.6 Å². The molecule has 0 aromatic heterocycles. The monoisotopic (exact) mass is 646 g/mol. The number of aliphatic hydroxyl groups is 1. The van der Waals surface area contributed by atoms with Gasteiger partial charge in [0.25, 0.3) is 5.91 Å². The van der Waals surface area contributed by atoms with E-state index in [1.807, 2.05) is 40.7 Å². The van der Waals surface area contributed by atoms with E-state index < -0.39 is 41.6 Å². The number of fused-ring (bicyclic) bond motifs is 2. The number of aliphatic hydroxyl groups excluding tert-OH is 1. The maximum atomic E-state index is 14.3. The summed E-state index contributed by atoms with van der Waals surface area (Å²) in [5.41, 5.74) is 7.17. The summed E-state index contributed by atoms with van der Waals surface area (Å²) in [5.74, 6) is -2.93. The highest BCUT2D eigenvalue weighted by molar-refractivity contribution is 6.39. The number of Topliss-reactive ketones (excluding diaryl/α,β-unsaturated/α-hetero) is 2. The SMILES string of the molecule is C=CCCC1=C2C[C@@H](C)C[C@H](C)[C@H](O)[C@@H](C)/C=C(\C)[C@H](OC(N)=O)[C@@H](C)/C=C\C=C(/C)C(=O)NC(=C(c3ccc(F)cc3)C1=O)C2=O. The van der Waals surface area contributed by atoms with Crippen LogP contribution >= 0.6 is 0 Å². The summed E-state index contributed by atoms with van der Waals surface area (Å²) >= 11 is 0. The molecule has 4 N–H and O–H groups in total. The number of carbonyl (C=O) groups excluding carboxylic acids is 4. The molecule has 6 atom stereocenters. The topological polar surface area (TPSA) is 136 Å². The van der Waals surface area contributed by atoms with E-state index in [0.717, 1.165) is 5.57 Å². The van der Waals surface area contributed by atoms with E-state index in [-0.39, 0.29) is 53.4 Å². The van der Waals surface area contributed by atoms with Crippen molar-refractivity contribution in [3.63, 3.8) is 0 Å². The van der Waals surface area contributed by atoms with Crippen molar-refractivity contribution in [1.29, 1.82) is 0 Å². The first-order valence-electron chi connectivity index (χ1n) is 16.1. The van der Waals surface area contributed by atoms with Crippen LogP contribution in [0.1, 0.15) is 72.8 Å². The fourth-order valence-corrected chi connectivity index (χ4v) is 6.38. The van der Waals surface area contributed by atoms with Crippen LogP contribution in [0, 0.1) is 29.5 Å². The Labute approximate surface area is 277 Å². The molecule has 0 radical (unpaired) electrons. The maximum Gasteiger partial charge on any atom is 0.405 e. The molecule has 1 aliphatic carbocycles. The summed E-state index contributed by atoms with van der Waals surface area (Å²) in [6, 6.07) is 5.24. The third kappa shape index (κ3) is 9.35. The molecule has 47 heavy (non-hydrogen) atoms. The smallest absolute Gasteiger partial charge is 0.405 e. The van der Waals surface area contributed by atoms with Crippen molar-refractivity contribution in [2.75, 3.05) is 0 Å². The molecule has 0 fully saturated rings. The van der Waals surface area contributed by atoms with Crippen LogP contribution in [0.4, 0.5) is 9.18 Å². The first kappa shape index (κ1) is 37.1. The minimum atomic E-state index is -0.930. The van der Waals surface area contributed by atoms with E-state index in [1.54, 1.807) is 31.2 Å². The molecule has 0 saturated carbocycles. The number of hydrogen-bond donors (Lipinski definition) is 3. The van der Waals surface area contributed by atoms with Gasteiger partial charge in [-0.25, -0.2) is 9.18 Å². The van der Waals surface area contributed by atoms with Gasteiger partial charge in [0.1, 0.15) is 17.6 Å². The fourth-order valence-electron chi connectivity index (χ4n) is 6.38. The number of ether oxygens (including phenoxy) is 1. The van der Waals surface area contributed by atoms with E-state index in [2.05, 4.69) is 11.9 Å². The Hall–Kier alpha value is -4.37. The lowest BCUT2D eigenvalue weighted by Gasteiger charge is -2.29. The van der Waals surface area contributed by atoms with Gasteiger partial charge in [0, 0.05) is 28.6 Å². The Kier molecular flexibility index (Phi) is 13.0. The van der Waals surface area contributed by atoms with Crippen LogP contribution in [0.25, 0.3) is 5.57 Å². The molecule has 1 heterocycles. The van der Waals surface area contributed by atoms with Crippen LogP contribution in [0.15, 0.2) is 89.2 Å². The predicted octanol–water partition coefficient (Wildman–Crippen LogP) is 6.68. The average Bonchev–Trinajstić information content (AvgIpc) is 3.01. The van der Waals surface area contributed by atoms with Crippen molar-refractivity contribution >= 4 is 29.1 Å². The fraction of sp³-hybridized carbons (Fsp3) is 0.421. The van der Waals surface area contributed by atoms with Gasteiger partial charge in [0.05, 0.1) is 11.7 Å². The zero-order chi connectivity index (χ0) is 35.0. The first-order chi connectivity index (χ1) is 22.2. The second kappa shape index (κ2) is 16.5. The van der Waals surface area contributed by atoms with Crippen molar-refractivity contribution in [2.24, 2.45) is 29.4 Å². The van der Waals surface area contributed by atoms with E-state index in [1.165, 1.54) is 24.3 Å². The molecule has 2 amide bonds. The zero-order valence-electron chi connectivity index (χ0n) is 28.1. The van der Waals surface area contributed by atoms with Gasteiger partial charge >= 0.3 is 6.09 Å². The summed E-state index contributed by atoms with van der Waals surface area (Å²) in [6.45, 7) is 14.8. The second-order valence-corrected chi connectivity index (χ2v) is 12.9.